The predicted octanol–water partition coefficient (Wildman–Crippen LogP) is 4.15. The summed E-state index contributed by atoms with van der Waals surface area (Å²) in [4.78, 5) is 26.2. The van der Waals surface area contributed by atoms with Crippen molar-refractivity contribution in [3.8, 4) is 11.5 Å². The molecule has 0 spiro atoms. The second-order valence-corrected chi connectivity index (χ2v) is 8.07. The second-order valence-electron chi connectivity index (χ2n) is 8.07. The van der Waals surface area contributed by atoms with E-state index in [2.05, 4.69) is 5.32 Å². The summed E-state index contributed by atoms with van der Waals surface area (Å²) in [6, 6.07) is 14.8. The van der Waals surface area contributed by atoms with Gasteiger partial charge in [-0.05, 0) is 43.0 Å². The topological polar surface area (TPSA) is 84.9 Å². The van der Waals surface area contributed by atoms with Crippen molar-refractivity contribution in [3.05, 3.63) is 82.2 Å². The number of benzene rings is 2. The zero-order valence-corrected chi connectivity index (χ0v) is 18.3. The van der Waals surface area contributed by atoms with E-state index in [1.165, 1.54) is 7.11 Å². The molecule has 2 aliphatic rings. The van der Waals surface area contributed by atoms with Gasteiger partial charge in [-0.1, -0.05) is 36.4 Å². The summed E-state index contributed by atoms with van der Waals surface area (Å²) in [5.74, 6) is -0.750. The molecule has 0 aromatic heterocycles. The van der Waals surface area contributed by atoms with Gasteiger partial charge in [-0.25, -0.2) is 4.79 Å². The lowest BCUT2D eigenvalue weighted by molar-refractivity contribution is -0.139. The monoisotopic (exact) mass is 433 g/mol. The molecule has 2 N–H and O–H groups in total. The van der Waals surface area contributed by atoms with Gasteiger partial charge < -0.3 is 19.9 Å². The maximum absolute atomic E-state index is 13.2. The van der Waals surface area contributed by atoms with Crippen LogP contribution in [0.4, 0.5) is 0 Å². The van der Waals surface area contributed by atoms with Crippen molar-refractivity contribution < 1.29 is 24.2 Å². The molecule has 0 fully saturated rings. The van der Waals surface area contributed by atoms with Crippen LogP contribution >= 0.6 is 0 Å². The van der Waals surface area contributed by atoms with Gasteiger partial charge in [-0.2, -0.15) is 0 Å². The summed E-state index contributed by atoms with van der Waals surface area (Å²) in [6.45, 7) is 2.06. The van der Waals surface area contributed by atoms with Crippen LogP contribution in [-0.2, 0) is 20.7 Å². The number of dihydropyridines is 1. The minimum atomic E-state index is -0.597. The van der Waals surface area contributed by atoms with Crippen molar-refractivity contribution in [1.29, 1.82) is 0 Å². The van der Waals surface area contributed by atoms with Crippen LogP contribution in [0.25, 0.3) is 0 Å². The highest BCUT2D eigenvalue weighted by atomic mass is 16.5. The van der Waals surface area contributed by atoms with Crippen molar-refractivity contribution in [2.45, 2.75) is 38.5 Å². The lowest BCUT2D eigenvalue weighted by Gasteiger charge is -2.34. The molecule has 166 valence electrons. The van der Waals surface area contributed by atoms with Gasteiger partial charge in [0.15, 0.2) is 17.3 Å². The first-order chi connectivity index (χ1) is 15.5. The van der Waals surface area contributed by atoms with Crippen LogP contribution in [-0.4, -0.2) is 30.6 Å². The third-order valence-corrected chi connectivity index (χ3v) is 6.00. The maximum atomic E-state index is 13.2. The Morgan fingerprint density at radius 1 is 1.16 bits per heavy atom. The Labute approximate surface area is 187 Å². The normalized spacial score (nSPS) is 18.2. The fourth-order valence-electron chi connectivity index (χ4n) is 4.46. The largest absolute Gasteiger partial charge is 0.504 e. The average Bonchev–Trinajstić information content (AvgIpc) is 2.79. The first-order valence-corrected chi connectivity index (χ1v) is 10.8. The van der Waals surface area contributed by atoms with Crippen LogP contribution in [0.1, 0.15) is 43.2 Å². The summed E-state index contributed by atoms with van der Waals surface area (Å²) in [6.07, 6.45) is 2.56. The smallest absolute Gasteiger partial charge is 0.336 e. The van der Waals surface area contributed by atoms with E-state index in [0.717, 1.165) is 24.1 Å². The van der Waals surface area contributed by atoms with Gasteiger partial charge in [-0.3, -0.25) is 4.79 Å². The molecule has 6 nitrogen and oxygen atoms in total. The SMILES string of the molecule is COc1ccc([C@@H]2C(C(=O)OCCc3ccccc3)=C(C)NC3=C2C(=O)CCC3)cc1O. The van der Waals surface area contributed by atoms with Crippen LogP contribution in [0.2, 0.25) is 0 Å². The lowest BCUT2D eigenvalue weighted by atomic mass is 9.75. The van der Waals surface area contributed by atoms with Gasteiger partial charge in [0.1, 0.15) is 0 Å². The fourth-order valence-corrected chi connectivity index (χ4v) is 4.46. The number of methoxy groups -OCH3 is 1. The van der Waals surface area contributed by atoms with E-state index in [4.69, 9.17) is 9.47 Å². The number of carbonyl (C=O) groups excluding carboxylic acids is 2. The molecule has 2 aromatic carbocycles. The Morgan fingerprint density at radius 2 is 1.94 bits per heavy atom. The van der Waals surface area contributed by atoms with Gasteiger partial charge in [-0.15, -0.1) is 0 Å². The van der Waals surface area contributed by atoms with Crippen molar-refractivity contribution >= 4 is 11.8 Å². The molecular weight excluding hydrogens is 406 g/mol. The van der Waals surface area contributed by atoms with Crippen molar-refractivity contribution in [3.63, 3.8) is 0 Å². The van der Waals surface area contributed by atoms with Crippen LogP contribution in [0.3, 0.4) is 0 Å². The van der Waals surface area contributed by atoms with Crippen molar-refractivity contribution in [1.82, 2.24) is 5.32 Å². The van der Waals surface area contributed by atoms with Gasteiger partial charge in [0.2, 0.25) is 0 Å². The third kappa shape index (κ3) is 4.26. The van der Waals surface area contributed by atoms with Gasteiger partial charge in [0.05, 0.1) is 19.3 Å². The van der Waals surface area contributed by atoms with Gasteiger partial charge >= 0.3 is 5.97 Å². The van der Waals surface area contributed by atoms with E-state index in [9.17, 15) is 14.7 Å². The highest BCUT2D eigenvalue weighted by Crippen LogP contribution is 2.44. The molecule has 6 heteroatoms. The number of hydrogen-bond acceptors (Lipinski definition) is 6. The summed E-state index contributed by atoms with van der Waals surface area (Å²) in [7, 11) is 1.48. The minimum absolute atomic E-state index is 0.0149. The van der Waals surface area contributed by atoms with Crippen LogP contribution < -0.4 is 10.1 Å². The van der Waals surface area contributed by atoms with E-state index in [0.29, 0.717) is 41.0 Å². The molecule has 0 unspecified atom stereocenters. The molecule has 1 atom stereocenters. The molecule has 0 saturated heterocycles. The van der Waals surface area contributed by atoms with Crippen LogP contribution in [0.15, 0.2) is 71.1 Å². The molecule has 0 bridgehead atoms. The standard InChI is InChI=1S/C26H27NO5/c1-16-23(26(30)32-14-13-17-7-4-3-5-8-17)24(18-11-12-22(31-2)21(29)15-18)25-19(27-16)9-6-10-20(25)28/h3-5,7-8,11-12,15,24,27,29H,6,9-10,13-14H2,1-2H3/t24-/m1/s1. The summed E-state index contributed by atoms with van der Waals surface area (Å²) >= 11 is 0. The number of phenols is 1. The van der Waals surface area contributed by atoms with Crippen LogP contribution in [0, 0.1) is 0 Å². The number of phenolic OH excluding ortho intramolecular Hbond substituents is 1. The number of Topliss-reactive ketones (excluding diaryl/α,β-unsaturated/α-hetero) is 1. The summed E-state index contributed by atoms with van der Waals surface area (Å²) in [5.41, 5.74) is 4.24. The Kier molecular flexibility index (Phi) is 6.30. The number of nitrogens with one attached hydrogen (secondary N) is 1. The van der Waals surface area contributed by atoms with Gasteiger partial charge in [0, 0.05) is 35.7 Å². The Hall–Kier alpha value is -3.54. The summed E-state index contributed by atoms with van der Waals surface area (Å²) in [5, 5.41) is 13.6. The van der Waals surface area contributed by atoms with E-state index in [1.807, 2.05) is 37.3 Å². The number of allylic oxidation sites excluding steroid dienone is 3. The number of hydrogen-bond donors (Lipinski definition) is 2. The molecule has 0 saturated carbocycles. The minimum Gasteiger partial charge on any atom is -0.504 e. The Balaban J connectivity index is 1.66. The predicted molar refractivity (Wildman–Crippen MR) is 120 cm³/mol. The molecular formula is C26H27NO5. The fraction of sp³-hybridized carbons (Fsp3) is 0.308. The average molecular weight is 434 g/mol. The summed E-state index contributed by atoms with van der Waals surface area (Å²) < 4.78 is 10.8. The van der Waals surface area contributed by atoms with E-state index in [1.54, 1.807) is 18.2 Å². The first-order valence-electron chi connectivity index (χ1n) is 10.8. The van der Waals surface area contributed by atoms with E-state index < -0.39 is 11.9 Å². The lowest BCUT2D eigenvalue weighted by Crippen LogP contribution is -2.34. The molecule has 1 aliphatic carbocycles. The number of esters is 1. The highest BCUT2D eigenvalue weighted by Gasteiger charge is 2.39. The molecule has 0 radical (unpaired) electrons. The number of ether oxygens (including phenoxy) is 2. The van der Waals surface area contributed by atoms with E-state index in [-0.39, 0.29) is 18.1 Å². The molecule has 4 rings (SSSR count). The zero-order valence-electron chi connectivity index (χ0n) is 18.3. The molecule has 2 aromatic rings. The number of carbonyl (C=O) groups is 2. The molecule has 1 heterocycles. The molecule has 32 heavy (non-hydrogen) atoms. The van der Waals surface area contributed by atoms with Gasteiger partial charge in [0.25, 0.3) is 0 Å². The first kappa shape index (κ1) is 21.7. The Morgan fingerprint density at radius 3 is 2.66 bits per heavy atom. The molecule has 0 amide bonds. The number of aromatic hydroxyl groups is 1. The maximum Gasteiger partial charge on any atom is 0.336 e. The number of ketones is 1. The number of rotatable bonds is 6. The Bertz CT molecular complexity index is 1100. The van der Waals surface area contributed by atoms with Crippen molar-refractivity contribution in [2.75, 3.05) is 13.7 Å². The third-order valence-electron chi connectivity index (χ3n) is 6.00. The van der Waals surface area contributed by atoms with Crippen molar-refractivity contribution in [2.24, 2.45) is 0 Å². The highest BCUT2D eigenvalue weighted by molar-refractivity contribution is 6.03. The van der Waals surface area contributed by atoms with E-state index >= 15 is 0 Å². The second kappa shape index (κ2) is 9.30. The molecule has 1 aliphatic heterocycles. The zero-order chi connectivity index (χ0) is 22.7. The van der Waals surface area contributed by atoms with Crippen LogP contribution in [0.5, 0.6) is 11.5 Å². The quantitative estimate of drug-likeness (QED) is 0.666.